The number of anilines is 3. The van der Waals surface area contributed by atoms with E-state index in [0.29, 0.717) is 0 Å². The van der Waals surface area contributed by atoms with E-state index in [9.17, 15) is 0 Å². The van der Waals surface area contributed by atoms with Crippen molar-refractivity contribution in [3.05, 3.63) is 161 Å². The lowest BCUT2D eigenvalue weighted by molar-refractivity contribution is 0.420. The van der Waals surface area contributed by atoms with Crippen LogP contribution in [0, 0.1) is 11.8 Å². The number of nitrogens with zero attached hydrogens (tertiary/aromatic N) is 1. The van der Waals surface area contributed by atoms with Crippen LogP contribution in [0.5, 0.6) is 0 Å². The van der Waals surface area contributed by atoms with Crippen molar-refractivity contribution in [1.82, 2.24) is 0 Å². The molecule has 10 rings (SSSR count). The molecule has 6 aromatic rings. The van der Waals surface area contributed by atoms with E-state index in [4.69, 9.17) is 0 Å². The fourth-order valence-electron chi connectivity index (χ4n) is 10.7. The highest BCUT2D eigenvalue weighted by molar-refractivity contribution is 6.00. The SMILES string of the molecule is CC1(C)c2ccccc2-c2c(-c3cccc4c3-c3ccc(N(c5ccccc5)c5ccc(C6CC7CCC6C7)cc5)cc3C4(C)C)cccc21. The summed E-state index contributed by atoms with van der Waals surface area (Å²) < 4.78 is 0. The largest absolute Gasteiger partial charge is 0.310 e. The van der Waals surface area contributed by atoms with E-state index in [2.05, 4.69) is 166 Å². The lowest BCUT2D eigenvalue weighted by Crippen LogP contribution is -2.16. The van der Waals surface area contributed by atoms with Gasteiger partial charge < -0.3 is 4.90 Å². The number of para-hydroxylation sites is 1. The Morgan fingerprint density at radius 3 is 1.68 bits per heavy atom. The molecule has 0 radical (unpaired) electrons. The highest BCUT2D eigenvalue weighted by Crippen LogP contribution is 2.58. The zero-order valence-corrected chi connectivity index (χ0v) is 29.7. The Kier molecular flexibility index (Phi) is 6.48. The first-order valence-corrected chi connectivity index (χ1v) is 18.8. The quantitative estimate of drug-likeness (QED) is 0.180. The van der Waals surface area contributed by atoms with Crippen LogP contribution in [0.1, 0.15) is 87.1 Å². The summed E-state index contributed by atoms with van der Waals surface area (Å²) in [5.74, 6) is 2.59. The van der Waals surface area contributed by atoms with Gasteiger partial charge in [-0.25, -0.2) is 0 Å². The van der Waals surface area contributed by atoms with Crippen LogP contribution in [-0.4, -0.2) is 0 Å². The van der Waals surface area contributed by atoms with Crippen molar-refractivity contribution < 1.29 is 0 Å². The molecule has 0 amide bonds. The summed E-state index contributed by atoms with van der Waals surface area (Å²) in [5.41, 5.74) is 18.8. The molecule has 3 unspecified atom stereocenters. The van der Waals surface area contributed by atoms with Crippen molar-refractivity contribution in [2.45, 2.75) is 70.1 Å². The molecule has 0 N–H and O–H groups in total. The van der Waals surface area contributed by atoms with Crippen LogP contribution < -0.4 is 4.90 Å². The molecule has 4 aliphatic carbocycles. The van der Waals surface area contributed by atoms with Crippen LogP contribution in [0.4, 0.5) is 17.1 Å². The molecule has 2 saturated carbocycles. The number of hydrogen-bond acceptors (Lipinski definition) is 1. The van der Waals surface area contributed by atoms with Crippen LogP contribution in [0.2, 0.25) is 0 Å². The summed E-state index contributed by atoms with van der Waals surface area (Å²) in [6, 6.07) is 50.7. The Morgan fingerprint density at radius 2 is 1.02 bits per heavy atom. The Balaban J connectivity index is 1.10. The number of benzene rings is 6. The molecule has 0 aliphatic heterocycles. The molecule has 2 bridgehead atoms. The smallest absolute Gasteiger partial charge is 0.0465 e. The van der Waals surface area contributed by atoms with E-state index in [1.165, 1.54) is 104 Å². The van der Waals surface area contributed by atoms with Crippen molar-refractivity contribution in [1.29, 1.82) is 0 Å². The molecule has 6 aromatic carbocycles. The standard InChI is InChI=1S/C49H45N/c1-48(2)42-17-9-8-14-39(42)46-37(15-10-18-43(46)48)38-16-11-19-44-47(38)40-27-26-36(30-45(40)49(44,3)4)50(34-12-6-5-7-13-34)35-24-22-32(23-25-35)41-29-31-20-21-33(41)28-31/h5-19,22-27,30-31,33,41H,20-21,28-29H2,1-4H3. The molecule has 2 fully saturated rings. The number of fused-ring (bicyclic) bond motifs is 8. The molecular weight excluding hydrogens is 603 g/mol. The zero-order chi connectivity index (χ0) is 33.8. The average Bonchev–Trinajstić information content (AvgIpc) is 3.89. The second kappa shape index (κ2) is 10.8. The minimum absolute atomic E-state index is 0.0260. The van der Waals surface area contributed by atoms with E-state index in [1.807, 2.05) is 0 Å². The third kappa shape index (κ3) is 4.25. The molecule has 0 saturated heterocycles. The summed E-state index contributed by atoms with van der Waals surface area (Å²) in [7, 11) is 0. The minimum atomic E-state index is -0.139. The molecule has 3 atom stereocenters. The van der Waals surface area contributed by atoms with Crippen LogP contribution in [-0.2, 0) is 10.8 Å². The molecule has 4 aliphatic rings. The van der Waals surface area contributed by atoms with Crippen molar-refractivity contribution in [3.63, 3.8) is 0 Å². The molecule has 0 spiro atoms. The summed E-state index contributed by atoms with van der Waals surface area (Å²) in [5, 5.41) is 0. The van der Waals surface area contributed by atoms with Gasteiger partial charge in [-0.15, -0.1) is 0 Å². The summed E-state index contributed by atoms with van der Waals surface area (Å²) in [6.07, 6.45) is 5.68. The molecule has 246 valence electrons. The Morgan fingerprint density at radius 1 is 0.460 bits per heavy atom. The predicted octanol–water partition coefficient (Wildman–Crippen LogP) is 13.3. The lowest BCUT2D eigenvalue weighted by atomic mass is 9.80. The van der Waals surface area contributed by atoms with Crippen LogP contribution in [0.15, 0.2) is 133 Å². The second-order valence-electron chi connectivity index (χ2n) is 16.5. The van der Waals surface area contributed by atoms with Gasteiger partial charge in [0, 0.05) is 27.9 Å². The Hall–Kier alpha value is -4.88. The fraction of sp³-hybridized carbons (Fsp3) is 0.265. The summed E-state index contributed by atoms with van der Waals surface area (Å²) in [4.78, 5) is 2.45. The molecule has 50 heavy (non-hydrogen) atoms. The topological polar surface area (TPSA) is 3.24 Å². The normalized spacial score (nSPS) is 21.4. The predicted molar refractivity (Wildman–Crippen MR) is 210 cm³/mol. The first-order valence-electron chi connectivity index (χ1n) is 18.8. The highest BCUT2D eigenvalue weighted by Gasteiger charge is 2.41. The monoisotopic (exact) mass is 647 g/mol. The maximum atomic E-state index is 2.48. The third-order valence-electron chi connectivity index (χ3n) is 13.2. The maximum Gasteiger partial charge on any atom is 0.0465 e. The second-order valence-corrected chi connectivity index (χ2v) is 16.5. The van der Waals surface area contributed by atoms with Crippen molar-refractivity contribution >= 4 is 17.1 Å². The van der Waals surface area contributed by atoms with Crippen molar-refractivity contribution in [3.8, 4) is 33.4 Å². The van der Waals surface area contributed by atoms with Gasteiger partial charge in [-0.2, -0.15) is 0 Å². The molecule has 1 heteroatoms. The minimum Gasteiger partial charge on any atom is -0.310 e. The first-order chi connectivity index (χ1) is 24.3. The van der Waals surface area contributed by atoms with Gasteiger partial charge in [-0.05, 0) is 135 Å². The van der Waals surface area contributed by atoms with E-state index < -0.39 is 0 Å². The van der Waals surface area contributed by atoms with Gasteiger partial charge in [0.15, 0.2) is 0 Å². The Bertz CT molecular complexity index is 2290. The van der Waals surface area contributed by atoms with Crippen LogP contribution in [0.25, 0.3) is 33.4 Å². The van der Waals surface area contributed by atoms with Gasteiger partial charge in [0.1, 0.15) is 0 Å². The summed E-state index contributed by atoms with van der Waals surface area (Å²) >= 11 is 0. The van der Waals surface area contributed by atoms with E-state index in [0.717, 1.165) is 17.8 Å². The third-order valence-corrected chi connectivity index (χ3v) is 13.2. The van der Waals surface area contributed by atoms with Crippen LogP contribution >= 0.6 is 0 Å². The van der Waals surface area contributed by atoms with E-state index >= 15 is 0 Å². The lowest BCUT2D eigenvalue weighted by Gasteiger charge is -2.29. The molecule has 1 nitrogen and oxygen atoms in total. The van der Waals surface area contributed by atoms with Gasteiger partial charge in [-0.3, -0.25) is 0 Å². The maximum absolute atomic E-state index is 2.48. The van der Waals surface area contributed by atoms with E-state index in [1.54, 1.807) is 0 Å². The van der Waals surface area contributed by atoms with Gasteiger partial charge in [0.25, 0.3) is 0 Å². The van der Waals surface area contributed by atoms with Gasteiger partial charge in [-0.1, -0.05) is 131 Å². The van der Waals surface area contributed by atoms with Crippen LogP contribution in [0.3, 0.4) is 0 Å². The number of hydrogen-bond donors (Lipinski definition) is 0. The Labute approximate surface area is 297 Å². The molecule has 0 heterocycles. The highest BCUT2D eigenvalue weighted by atomic mass is 15.1. The first kappa shape index (κ1) is 30.0. The molecular formula is C49H45N. The van der Waals surface area contributed by atoms with Gasteiger partial charge in [0.2, 0.25) is 0 Å². The van der Waals surface area contributed by atoms with Gasteiger partial charge in [0.05, 0.1) is 0 Å². The summed E-state index contributed by atoms with van der Waals surface area (Å²) in [6.45, 7) is 9.58. The fourth-order valence-corrected chi connectivity index (χ4v) is 10.7. The van der Waals surface area contributed by atoms with Crippen molar-refractivity contribution in [2.75, 3.05) is 4.90 Å². The van der Waals surface area contributed by atoms with E-state index in [-0.39, 0.29) is 10.8 Å². The van der Waals surface area contributed by atoms with Gasteiger partial charge >= 0.3 is 0 Å². The number of rotatable bonds is 5. The zero-order valence-electron chi connectivity index (χ0n) is 29.7. The molecule has 0 aromatic heterocycles. The van der Waals surface area contributed by atoms with Crippen molar-refractivity contribution in [2.24, 2.45) is 11.8 Å². The average molecular weight is 648 g/mol.